The zero-order valence-electron chi connectivity index (χ0n) is 7.18. The normalized spacial score (nSPS) is 10.9. The molecule has 0 N–H and O–H groups in total. The highest BCUT2D eigenvalue weighted by Crippen LogP contribution is 2.33. The molecule has 3 heterocycles. The van der Waals surface area contributed by atoms with E-state index in [0.717, 1.165) is 5.01 Å². The molecule has 0 unspecified atom stereocenters. The summed E-state index contributed by atoms with van der Waals surface area (Å²) in [5.41, 5.74) is 0. The Balaban J connectivity index is 2.24. The zero-order chi connectivity index (χ0) is 9.38. The second-order valence-corrected chi connectivity index (χ2v) is 4.84. The minimum Gasteiger partial charge on any atom is -0.264 e. The van der Waals surface area contributed by atoms with Crippen LogP contribution in [0.5, 0.6) is 0 Å². The number of hydrogen-bond donors (Lipinski definition) is 0. The van der Waals surface area contributed by atoms with Crippen LogP contribution in [0.25, 0.3) is 20.0 Å². The van der Waals surface area contributed by atoms with E-state index >= 15 is 0 Å². The maximum Gasteiger partial charge on any atom is 0.133 e. The highest BCUT2D eigenvalue weighted by Gasteiger charge is 2.05. The molecule has 0 saturated carbocycles. The van der Waals surface area contributed by atoms with Crippen LogP contribution >= 0.6 is 22.7 Å². The second kappa shape index (κ2) is 3.15. The summed E-state index contributed by atoms with van der Waals surface area (Å²) in [6.07, 6.45) is 5.55. The summed E-state index contributed by atoms with van der Waals surface area (Å²) in [7, 11) is 0. The Morgan fingerprint density at radius 1 is 1.21 bits per heavy atom. The Labute approximate surface area is 88.9 Å². The Morgan fingerprint density at radius 2 is 2.21 bits per heavy atom. The average Bonchev–Trinajstić information content (AvgIpc) is 2.86. The smallest absolute Gasteiger partial charge is 0.133 e. The first-order chi connectivity index (χ1) is 6.93. The third-order valence-corrected chi connectivity index (χ3v) is 4.02. The summed E-state index contributed by atoms with van der Waals surface area (Å²) in [6, 6.07) is 4.18. The standard InChI is InChI=1S/C10H6N2S2/c1-2-11-6-7-5-9(14-8(1)7)10-12-3-4-13-10/h1-6H. The summed E-state index contributed by atoms with van der Waals surface area (Å²) < 4.78 is 1.27. The summed E-state index contributed by atoms with van der Waals surface area (Å²) in [5.74, 6) is 0. The lowest BCUT2D eigenvalue weighted by Crippen LogP contribution is -1.65. The van der Waals surface area contributed by atoms with Crippen molar-refractivity contribution in [3.63, 3.8) is 0 Å². The van der Waals surface area contributed by atoms with Crippen LogP contribution < -0.4 is 0 Å². The first kappa shape index (κ1) is 8.08. The molecule has 0 fully saturated rings. The van der Waals surface area contributed by atoms with Crippen molar-refractivity contribution in [1.29, 1.82) is 0 Å². The van der Waals surface area contributed by atoms with Crippen molar-refractivity contribution >= 4 is 32.8 Å². The number of fused-ring (bicyclic) bond motifs is 1. The fourth-order valence-corrected chi connectivity index (χ4v) is 3.07. The van der Waals surface area contributed by atoms with Gasteiger partial charge in [0.05, 0.1) is 4.88 Å². The van der Waals surface area contributed by atoms with E-state index in [1.807, 2.05) is 30.0 Å². The van der Waals surface area contributed by atoms with Crippen LogP contribution in [-0.2, 0) is 0 Å². The number of aromatic nitrogens is 2. The van der Waals surface area contributed by atoms with Gasteiger partial charge in [0.1, 0.15) is 5.01 Å². The van der Waals surface area contributed by atoms with Gasteiger partial charge in [-0.05, 0) is 12.1 Å². The number of thiophene rings is 1. The molecule has 4 heteroatoms. The molecule has 0 aromatic carbocycles. The van der Waals surface area contributed by atoms with Crippen LogP contribution in [0.2, 0.25) is 0 Å². The van der Waals surface area contributed by atoms with E-state index in [4.69, 9.17) is 0 Å². The number of nitrogens with zero attached hydrogens (tertiary/aromatic N) is 2. The van der Waals surface area contributed by atoms with Gasteiger partial charge in [0, 0.05) is 34.1 Å². The predicted molar refractivity (Wildman–Crippen MR) is 60.7 cm³/mol. The lowest BCUT2D eigenvalue weighted by atomic mass is 10.3. The molecule has 3 aromatic heterocycles. The largest absolute Gasteiger partial charge is 0.264 e. The molecule has 2 nitrogen and oxygen atoms in total. The Hall–Kier alpha value is -1.26. The molecule has 0 spiro atoms. The van der Waals surface area contributed by atoms with Gasteiger partial charge in [-0.1, -0.05) is 0 Å². The summed E-state index contributed by atoms with van der Waals surface area (Å²) >= 11 is 3.43. The fourth-order valence-electron chi connectivity index (χ4n) is 1.33. The van der Waals surface area contributed by atoms with E-state index in [-0.39, 0.29) is 0 Å². The molecule has 0 bridgehead atoms. The zero-order valence-corrected chi connectivity index (χ0v) is 8.81. The van der Waals surface area contributed by atoms with Crippen molar-refractivity contribution in [2.75, 3.05) is 0 Å². The van der Waals surface area contributed by atoms with Crippen molar-refractivity contribution < 1.29 is 0 Å². The molecule has 68 valence electrons. The Kier molecular flexibility index (Phi) is 1.82. The van der Waals surface area contributed by atoms with Crippen LogP contribution in [0, 0.1) is 0 Å². The van der Waals surface area contributed by atoms with Crippen LogP contribution in [-0.4, -0.2) is 9.97 Å². The monoisotopic (exact) mass is 218 g/mol. The third-order valence-electron chi connectivity index (χ3n) is 1.96. The fraction of sp³-hybridized carbons (Fsp3) is 0. The molecule has 0 aliphatic rings. The molecule has 14 heavy (non-hydrogen) atoms. The van der Waals surface area contributed by atoms with Gasteiger partial charge >= 0.3 is 0 Å². The summed E-state index contributed by atoms with van der Waals surface area (Å²) in [4.78, 5) is 9.61. The quantitative estimate of drug-likeness (QED) is 0.625. The molecule has 3 rings (SSSR count). The minimum absolute atomic E-state index is 1.09. The lowest BCUT2D eigenvalue weighted by molar-refractivity contribution is 1.37. The average molecular weight is 218 g/mol. The Bertz CT molecular complexity index is 521. The minimum atomic E-state index is 1.09. The number of hydrogen-bond acceptors (Lipinski definition) is 4. The molecule has 0 amide bonds. The number of thiazole rings is 1. The Morgan fingerprint density at radius 3 is 3.00 bits per heavy atom. The van der Waals surface area contributed by atoms with Crippen molar-refractivity contribution in [2.45, 2.75) is 0 Å². The van der Waals surface area contributed by atoms with E-state index in [2.05, 4.69) is 16.0 Å². The lowest BCUT2D eigenvalue weighted by Gasteiger charge is -1.84. The van der Waals surface area contributed by atoms with E-state index in [1.54, 1.807) is 22.7 Å². The van der Waals surface area contributed by atoms with Gasteiger partial charge in [-0.3, -0.25) is 4.98 Å². The van der Waals surface area contributed by atoms with Gasteiger partial charge in [-0.15, -0.1) is 22.7 Å². The highest BCUT2D eigenvalue weighted by atomic mass is 32.1. The van der Waals surface area contributed by atoms with Gasteiger partial charge in [-0.2, -0.15) is 0 Å². The van der Waals surface area contributed by atoms with E-state index in [9.17, 15) is 0 Å². The topological polar surface area (TPSA) is 25.8 Å². The van der Waals surface area contributed by atoms with Crippen molar-refractivity contribution in [3.8, 4) is 9.88 Å². The van der Waals surface area contributed by atoms with Crippen LogP contribution in [0.4, 0.5) is 0 Å². The molecule has 3 aromatic rings. The molecular weight excluding hydrogens is 212 g/mol. The first-order valence-corrected chi connectivity index (χ1v) is 5.86. The van der Waals surface area contributed by atoms with Gasteiger partial charge < -0.3 is 0 Å². The number of rotatable bonds is 1. The van der Waals surface area contributed by atoms with Crippen LogP contribution in [0.3, 0.4) is 0 Å². The third kappa shape index (κ3) is 1.23. The maximum atomic E-state index is 4.29. The highest BCUT2D eigenvalue weighted by molar-refractivity contribution is 7.25. The van der Waals surface area contributed by atoms with Crippen molar-refractivity contribution in [2.24, 2.45) is 0 Å². The maximum absolute atomic E-state index is 4.29. The molecule has 0 saturated heterocycles. The molecule has 0 aliphatic heterocycles. The first-order valence-electron chi connectivity index (χ1n) is 4.17. The molecule has 0 atom stereocenters. The van der Waals surface area contributed by atoms with Gasteiger partial charge in [0.2, 0.25) is 0 Å². The molecule has 0 radical (unpaired) electrons. The van der Waals surface area contributed by atoms with Crippen molar-refractivity contribution in [3.05, 3.63) is 36.1 Å². The number of pyridine rings is 1. The molecular formula is C10H6N2S2. The van der Waals surface area contributed by atoms with Crippen molar-refractivity contribution in [1.82, 2.24) is 9.97 Å². The predicted octanol–water partition coefficient (Wildman–Crippen LogP) is 3.42. The van der Waals surface area contributed by atoms with E-state index in [1.165, 1.54) is 15.0 Å². The van der Waals surface area contributed by atoms with E-state index in [0.29, 0.717) is 0 Å². The summed E-state index contributed by atoms with van der Waals surface area (Å²) in [6.45, 7) is 0. The molecule has 0 aliphatic carbocycles. The van der Waals surface area contributed by atoms with E-state index < -0.39 is 0 Å². The SMILES string of the molecule is c1cc2sc(-c3nccs3)cc2cn1. The van der Waals surface area contributed by atoms with Gasteiger partial charge in [-0.25, -0.2) is 4.98 Å². The van der Waals surface area contributed by atoms with Crippen LogP contribution in [0.1, 0.15) is 0 Å². The van der Waals surface area contributed by atoms with Gasteiger partial charge in [0.15, 0.2) is 0 Å². The second-order valence-electron chi connectivity index (χ2n) is 2.86. The van der Waals surface area contributed by atoms with Gasteiger partial charge in [0.25, 0.3) is 0 Å². The van der Waals surface area contributed by atoms with Crippen LogP contribution in [0.15, 0.2) is 36.1 Å². The summed E-state index contributed by atoms with van der Waals surface area (Å²) in [5, 5.41) is 4.28.